The molecule has 2 aromatic carbocycles. The van der Waals surface area contributed by atoms with Crippen molar-refractivity contribution in [1.82, 2.24) is 9.97 Å². The highest BCUT2D eigenvalue weighted by Crippen LogP contribution is 2.23. The number of carbonyl (C=O) groups excluding carboxylic acids is 4. The van der Waals surface area contributed by atoms with E-state index in [1.165, 1.54) is 6.20 Å². The normalized spacial score (nSPS) is 9.83. The summed E-state index contributed by atoms with van der Waals surface area (Å²) in [6, 6.07) is 21.1. The second-order valence-corrected chi connectivity index (χ2v) is 11.7. The molecule has 0 atom stereocenters. The number of hydrogen-bond donors (Lipinski definition) is 4. The summed E-state index contributed by atoms with van der Waals surface area (Å²) >= 11 is 5.39. The highest BCUT2D eigenvalue weighted by atomic mass is 35.5. The summed E-state index contributed by atoms with van der Waals surface area (Å²) in [7, 11) is 0. The number of esters is 2. The number of nitrogens with one attached hydrogen (secondary N) is 1. The number of nitrogens with zero attached hydrogens (tertiary/aromatic N) is 4. The zero-order chi connectivity index (χ0) is 42.0. The molecule has 2 heterocycles. The van der Waals surface area contributed by atoms with E-state index in [9.17, 15) is 39.4 Å². The van der Waals surface area contributed by atoms with E-state index in [1.807, 2.05) is 72.8 Å². The largest absolute Gasteiger partial charge is 0.461 e. The molecule has 4 rings (SSSR count). The first-order chi connectivity index (χ1) is 27.3. The number of anilines is 1. The molecule has 0 bridgehead atoms. The highest BCUT2D eigenvalue weighted by Gasteiger charge is 2.18. The van der Waals surface area contributed by atoms with Gasteiger partial charge in [0.1, 0.15) is 13.2 Å². The highest BCUT2D eigenvalue weighted by molar-refractivity contribution is 6.31. The van der Waals surface area contributed by atoms with Gasteiger partial charge in [0.15, 0.2) is 0 Å². The maximum Gasteiger partial charge on any atom is 0.312 e. The van der Waals surface area contributed by atoms with E-state index in [2.05, 4.69) is 15.3 Å². The Morgan fingerprint density at radius 2 is 1.13 bits per heavy atom. The molecule has 324 valence electrons. The van der Waals surface area contributed by atoms with Crippen LogP contribution in [-0.4, -0.2) is 56.7 Å². The minimum Gasteiger partial charge on any atom is -0.461 e. The van der Waals surface area contributed by atoms with E-state index in [0.29, 0.717) is 32.4 Å². The number of carbonyl (C=O) groups is 4. The molecule has 0 aliphatic carbocycles. The number of aromatic nitrogens is 2. The zero-order valence-electron chi connectivity index (χ0n) is 30.9. The summed E-state index contributed by atoms with van der Waals surface area (Å²) in [5.41, 5.74) is 16.3. The topological polar surface area (TPSA) is 289 Å². The van der Waals surface area contributed by atoms with Crippen LogP contribution < -0.4 is 22.5 Å². The number of halogens is 2. The van der Waals surface area contributed by atoms with Crippen LogP contribution in [0.2, 0.25) is 5.15 Å². The first-order valence-corrected chi connectivity index (χ1v) is 17.4. The zero-order valence-corrected chi connectivity index (χ0v) is 32.5. The maximum atomic E-state index is 11.7. The van der Waals surface area contributed by atoms with Gasteiger partial charge < -0.3 is 32.0 Å². The number of ether oxygens (including phenoxy) is 2. The van der Waals surface area contributed by atoms with Crippen LogP contribution in [0.3, 0.4) is 0 Å². The SMILES string of the molecule is C.C.Cl.NC(=O)c1cnc(Cl)c([N+](=O)[O-])c1.NC(=O)c1cnc(NC/C=C/CCC(=O)OCc2ccccc2)c([N+](=O)[O-])c1.NC/C=C/CCC(=O)OCc1ccccc1. The smallest absolute Gasteiger partial charge is 0.312 e. The number of benzene rings is 2. The number of nitrogens with two attached hydrogens (primary N) is 3. The quantitative estimate of drug-likeness (QED) is 0.0256. The molecule has 0 aliphatic rings. The fraction of sp³-hybridized carbons (Fsp3) is 0.250. The first kappa shape index (κ1) is 55.3. The van der Waals surface area contributed by atoms with Crippen molar-refractivity contribution in [2.24, 2.45) is 17.2 Å². The summed E-state index contributed by atoms with van der Waals surface area (Å²) in [4.78, 5) is 72.0. The molecule has 2 aromatic heterocycles. The monoisotopic (exact) mass is 872 g/mol. The Hall–Kier alpha value is -6.76. The molecule has 2 amide bonds. The molecule has 0 radical (unpaired) electrons. The standard InChI is InChI=1S/C19H20N4O5.C13H17NO2.C6H4ClN3O3.2CH4.ClH/c20-18(25)15-11-16(23(26)27)19(22-12-15)21-10-6-2-5-9-17(24)28-13-14-7-3-1-4-8-14;14-10-6-2-5-9-13(15)16-11-12-7-3-1-4-8-12;7-5-4(10(12)13)1-3(2-9-5)6(8)11;;;/h1-4,6-8,11-12H,5,9-10,13H2,(H2,20,25)(H,21,22);1-4,6-8H,5,9-11,14H2;1-2H,(H2,8,11);2*1H4;1H/b2*6-2+;;;;. The molecular weight excluding hydrogens is 823 g/mol. The molecule has 0 saturated carbocycles. The van der Waals surface area contributed by atoms with Crippen molar-refractivity contribution in [3.05, 3.63) is 157 Å². The van der Waals surface area contributed by atoms with Gasteiger partial charge in [-0.3, -0.25) is 39.4 Å². The minimum absolute atomic E-state index is 0. The summed E-state index contributed by atoms with van der Waals surface area (Å²) in [6.45, 7) is 1.36. The summed E-state index contributed by atoms with van der Waals surface area (Å²) in [6.07, 6.45) is 11.3. The van der Waals surface area contributed by atoms with E-state index in [1.54, 1.807) is 12.2 Å². The number of primary amides is 2. The van der Waals surface area contributed by atoms with Gasteiger partial charge in [-0.15, -0.1) is 12.4 Å². The third-order valence-electron chi connectivity index (χ3n) is 7.02. The molecule has 18 nitrogen and oxygen atoms in total. The lowest BCUT2D eigenvalue weighted by molar-refractivity contribution is -0.385. The third kappa shape index (κ3) is 22.3. The number of hydrogen-bond acceptors (Lipinski definition) is 14. The maximum absolute atomic E-state index is 11.7. The minimum atomic E-state index is -0.791. The molecule has 0 saturated heterocycles. The van der Waals surface area contributed by atoms with Gasteiger partial charge in [0.2, 0.25) is 11.0 Å². The lowest BCUT2D eigenvalue weighted by Gasteiger charge is -2.05. The van der Waals surface area contributed by atoms with Crippen LogP contribution in [0.15, 0.2) is 109 Å². The van der Waals surface area contributed by atoms with E-state index < -0.39 is 27.3 Å². The van der Waals surface area contributed by atoms with Gasteiger partial charge in [-0.25, -0.2) is 9.97 Å². The molecule has 20 heteroatoms. The van der Waals surface area contributed by atoms with Gasteiger partial charge >= 0.3 is 23.3 Å². The predicted octanol–water partition coefficient (Wildman–Crippen LogP) is 7.04. The average Bonchev–Trinajstić information content (AvgIpc) is 3.20. The molecule has 0 aliphatic heterocycles. The molecule has 60 heavy (non-hydrogen) atoms. The molecule has 4 aromatic rings. The van der Waals surface area contributed by atoms with E-state index in [4.69, 9.17) is 38.3 Å². The molecule has 7 N–H and O–H groups in total. The molecule has 0 fully saturated rings. The van der Waals surface area contributed by atoms with Crippen LogP contribution >= 0.6 is 24.0 Å². The lowest BCUT2D eigenvalue weighted by atomic mass is 10.2. The van der Waals surface area contributed by atoms with E-state index in [0.717, 1.165) is 29.5 Å². The number of nitro groups is 2. The Bertz CT molecular complexity index is 2020. The Kier molecular flexibility index (Phi) is 28.8. The predicted molar refractivity (Wildman–Crippen MR) is 231 cm³/mol. The van der Waals surface area contributed by atoms with Crippen LogP contribution in [0.4, 0.5) is 17.2 Å². The molecular formula is C40H50Cl2N8O10. The third-order valence-corrected chi connectivity index (χ3v) is 7.31. The Morgan fingerprint density at radius 3 is 1.57 bits per heavy atom. The van der Waals surface area contributed by atoms with Crippen LogP contribution in [-0.2, 0) is 32.3 Å². The Morgan fingerprint density at radius 1 is 0.700 bits per heavy atom. The van der Waals surface area contributed by atoms with Crippen LogP contribution in [0, 0.1) is 20.2 Å². The fourth-order valence-corrected chi connectivity index (χ4v) is 4.33. The number of pyridine rings is 2. The average molecular weight is 874 g/mol. The van der Waals surface area contributed by atoms with Crippen LogP contribution in [0.5, 0.6) is 0 Å². The van der Waals surface area contributed by atoms with Crippen molar-refractivity contribution < 1.29 is 38.5 Å². The fourth-order valence-electron chi connectivity index (χ4n) is 4.16. The van der Waals surface area contributed by atoms with Crippen molar-refractivity contribution >= 4 is 65.0 Å². The second-order valence-electron chi connectivity index (χ2n) is 11.3. The van der Waals surface area contributed by atoms with Crippen molar-refractivity contribution in [1.29, 1.82) is 0 Å². The van der Waals surface area contributed by atoms with Gasteiger partial charge in [-0.2, -0.15) is 0 Å². The molecule has 0 unspecified atom stereocenters. The first-order valence-electron chi connectivity index (χ1n) is 17.0. The number of amides is 2. The summed E-state index contributed by atoms with van der Waals surface area (Å²) in [5, 5.41) is 23.9. The van der Waals surface area contributed by atoms with Crippen molar-refractivity contribution in [2.45, 2.75) is 53.8 Å². The van der Waals surface area contributed by atoms with Gasteiger partial charge in [-0.05, 0) is 24.0 Å². The van der Waals surface area contributed by atoms with Gasteiger partial charge in [0.05, 0.1) is 21.0 Å². The van der Waals surface area contributed by atoms with Crippen molar-refractivity contribution in [3.8, 4) is 0 Å². The van der Waals surface area contributed by atoms with E-state index in [-0.39, 0.29) is 86.6 Å². The molecule has 0 spiro atoms. The number of allylic oxidation sites excluding steroid dienone is 2. The lowest BCUT2D eigenvalue weighted by Crippen LogP contribution is -2.13. The summed E-state index contributed by atoms with van der Waals surface area (Å²) in [5.74, 6) is -2.03. The van der Waals surface area contributed by atoms with Crippen molar-refractivity contribution in [3.63, 3.8) is 0 Å². The summed E-state index contributed by atoms with van der Waals surface area (Å²) < 4.78 is 10.3. The van der Waals surface area contributed by atoms with Gasteiger partial charge in [0, 0.05) is 50.5 Å². The Labute approximate surface area is 358 Å². The number of rotatable bonds is 18. The second kappa shape index (κ2) is 31.3. The Balaban J connectivity index is 0. The van der Waals surface area contributed by atoms with E-state index >= 15 is 0 Å². The van der Waals surface area contributed by atoms with Gasteiger partial charge in [0.25, 0.3) is 11.8 Å². The van der Waals surface area contributed by atoms with Crippen molar-refractivity contribution in [2.75, 3.05) is 18.4 Å². The van der Waals surface area contributed by atoms with Gasteiger partial charge in [-0.1, -0.05) is 111 Å². The van der Waals surface area contributed by atoms with Crippen LogP contribution in [0.1, 0.15) is 72.4 Å². The van der Waals surface area contributed by atoms with Crippen LogP contribution in [0.25, 0.3) is 0 Å².